The summed E-state index contributed by atoms with van der Waals surface area (Å²) in [6, 6.07) is 31.3. The molecule has 0 unspecified atom stereocenters. The number of aryl methyl sites for hydroxylation is 1. The van der Waals surface area contributed by atoms with Crippen LogP contribution in [0.4, 0.5) is 0 Å². The number of imide groups is 1. The summed E-state index contributed by atoms with van der Waals surface area (Å²) >= 11 is 25.4. The second-order valence-electron chi connectivity index (χ2n) is 10.1. The number of carbonyl (C=O) groups is 6. The van der Waals surface area contributed by atoms with Crippen molar-refractivity contribution in [1.29, 1.82) is 0 Å². The third-order valence-electron chi connectivity index (χ3n) is 6.32. The average molecular weight is 969 g/mol. The van der Waals surface area contributed by atoms with Gasteiger partial charge >= 0.3 is 23.9 Å². The molecule has 0 radical (unpaired) electrons. The van der Waals surface area contributed by atoms with E-state index in [2.05, 4.69) is 51.3 Å². The van der Waals surface area contributed by atoms with Gasteiger partial charge in [0.2, 0.25) is 11.8 Å². The third-order valence-corrected chi connectivity index (χ3v) is 7.71. The predicted molar refractivity (Wildman–Crippen MR) is 220 cm³/mol. The van der Waals surface area contributed by atoms with E-state index in [1.807, 2.05) is 43.3 Å². The average Bonchev–Trinajstić information content (AvgIpc) is 3.47. The lowest BCUT2D eigenvalue weighted by molar-refractivity contribution is -0.187. The van der Waals surface area contributed by atoms with Crippen molar-refractivity contribution in [1.82, 2.24) is 3.93 Å². The van der Waals surface area contributed by atoms with Crippen LogP contribution in [0.1, 0.15) is 72.8 Å². The molecule has 296 valence electrons. The Morgan fingerprint density at radius 2 is 0.964 bits per heavy atom. The number of benzene rings is 4. The van der Waals surface area contributed by atoms with Gasteiger partial charge in [-0.2, -0.15) is 0 Å². The molecule has 1 fully saturated rings. The van der Waals surface area contributed by atoms with Crippen LogP contribution in [0.2, 0.25) is 0 Å². The van der Waals surface area contributed by atoms with Crippen LogP contribution in [0.15, 0.2) is 109 Å². The summed E-state index contributed by atoms with van der Waals surface area (Å²) in [4.78, 5) is 74.9. The van der Waals surface area contributed by atoms with E-state index in [9.17, 15) is 28.8 Å². The van der Waals surface area contributed by atoms with Gasteiger partial charge in [-0.25, -0.2) is 32.9 Å². The number of carbonyl (C=O) groups excluding carboxylic acids is 6. The second kappa shape index (κ2) is 27.6. The topological polar surface area (TPSA) is 143 Å². The van der Waals surface area contributed by atoms with Crippen molar-refractivity contribution >= 4 is 114 Å². The summed E-state index contributed by atoms with van der Waals surface area (Å²) in [5.41, 5.74) is 3.78. The molecular formula is C38H37Br2Cl4NO10. The van der Waals surface area contributed by atoms with Gasteiger partial charge in [-0.15, -0.1) is 0 Å². The zero-order valence-electron chi connectivity index (χ0n) is 28.8. The number of ether oxygens (including phenoxy) is 2. The lowest BCUT2D eigenvalue weighted by Gasteiger charge is -2.03. The predicted octanol–water partition coefficient (Wildman–Crippen LogP) is 10.4. The summed E-state index contributed by atoms with van der Waals surface area (Å²) in [7, 11) is 2.77. The SMILES string of the molecule is C.COC(=O)c1ccccc1C.COC(=O)c1ccccc1CBr.ClC(Cl)(Cl)Cl.O=C(OOC(=O)c1ccccc1)c1ccccc1.O=C1CCC(=O)N1Br. The normalized spacial score (nSPS) is 11.1. The molecule has 17 heteroatoms. The van der Waals surface area contributed by atoms with Gasteiger partial charge in [0.15, 0.2) is 0 Å². The summed E-state index contributed by atoms with van der Waals surface area (Å²) < 4.78 is 8.57. The molecule has 1 saturated heterocycles. The highest BCUT2D eigenvalue weighted by Crippen LogP contribution is 2.29. The van der Waals surface area contributed by atoms with Gasteiger partial charge in [0, 0.05) is 18.2 Å². The molecule has 55 heavy (non-hydrogen) atoms. The van der Waals surface area contributed by atoms with Crippen LogP contribution in [-0.2, 0) is 34.2 Å². The highest BCUT2D eigenvalue weighted by Gasteiger charge is 2.26. The summed E-state index contributed by atoms with van der Waals surface area (Å²) in [6.07, 6.45) is 0.703. The Hall–Kier alpha value is -3.98. The minimum atomic E-state index is -1.61. The molecule has 5 rings (SSSR count). The number of rotatable bonds is 5. The minimum absolute atomic E-state index is 0. The number of halogens is 6. The highest BCUT2D eigenvalue weighted by atomic mass is 79.9. The third kappa shape index (κ3) is 21.1. The lowest BCUT2D eigenvalue weighted by atomic mass is 10.1. The van der Waals surface area contributed by atoms with E-state index >= 15 is 0 Å². The van der Waals surface area contributed by atoms with Crippen molar-refractivity contribution in [2.24, 2.45) is 0 Å². The Morgan fingerprint density at radius 1 is 0.618 bits per heavy atom. The molecule has 0 saturated carbocycles. The van der Waals surface area contributed by atoms with Gasteiger partial charge in [0.1, 0.15) is 0 Å². The van der Waals surface area contributed by atoms with Crippen molar-refractivity contribution < 1.29 is 48.0 Å². The van der Waals surface area contributed by atoms with Gasteiger partial charge in [-0.05, 0) is 54.4 Å². The van der Waals surface area contributed by atoms with Crippen LogP contribution in [-0.4, -0.2) is 57.1 Å². The molecule has 0 spiro atoms. The Kier molecular flexibility index (Phi) is 25.6. The number of nitrogens with zero attached hydrogens (tertiary/aromatic N) is 1. The molecule has 1 aliphatic heterocycles. The maximum Gasteiger partial charge on any atom is 0.386 e. The first-order valence-corrected chi connectivity index (χ1v) is 18.5. The fourth-order valence-corrected chi connectivity index (χ4v) is 4.57. The maximum atomic E-state index is 11.5. The van der Waals surface area contributed by atoms with E-state index in [0.29, 0.717) is 40.4 Å². The molecule has 0 atom stereocenters. The van der Waals surface area contributed by atoms with Crippen LogP contribution in [0.5, 0.6) is 0 Å². The molecule has 0 bridgehead atoms. The van der Waals surface area contributed by atoms with Crippen LogP contribution in [0, 0.1) is 6.92 Å². The van der Waals surface area contributed by atoms with Gasteiger partial charge in [0.25, 0.3) is 3.25 Å². The quantitative estimate of drug-likeness (QED) is 0.0474. The Labute approximate surface area is 356 Å². The molecule has 1 heterocycles. The van der Waals surface area contributed by atoms with E-state index in [0.717, 1.165) is 15.1 Å². The molecule has 0 aliphatic carbocycles. The van der Waals surface area contributed by atoms with E-state index in [1.54, 1.807) is 72.8 Å². The van der Waals surface area contributed by atoms with E-state index in [-0.39, 0.29) is 31.2 Å². The maximum absolute atomic E-state index is 11.5. The van der Waals surface area contributed by atoms with E-state index in [4.69, 9.17) is 46.4 Å². The monoisotopic (exact) mass is 965 g/mol. The summed E-state index contributed by atoms with van der Waals surface area (Å²) in [5.74, 6) is -2.27. The summed E-state index contributed by atoms with van der Waals surface area (Å²) in [5, 5.41) is 0.665. The van der Waals surface area contributed by atoms with Gasteiger partial charge in [-0.1, -0.05) is 143 Å². The first-order valence-electron chi connectivity index (χ1n) is 15.2. The number of esters is 2. The largest absolute Gasteiger partial charge is 0.465 e. The van der Waals surface area contributed by atoms with E-state index < -0.39 is 15.2 Å². The van der Waals surface area contributed by atoms with Crippen molar-refractivity contribution in [3.05, 3.63) is 143 Å². The van der Waals surface area contributed by atoms with Crippen LogP contribution < -0.4 is 0 Å². The number of hydrogen-bond donors (Lipinski definition) is 0. The Balaban J connectivity index is 0.000000698. The molecule has 11 nitrogen and oxygen atoms in total. The zero-order chi connectivity index (χ0) is 40.7. The fourth-order valence-electron chi connectivity index (χ4n) is 3.73. The first kappa shape index (κ1) is 51.0. The number of hydrogen-bond acceptors (Lipinski definition) is 10. The lowest BCUT2D eigenvalue weighted by Crippen LogP contribution is -2.16. The molecule has 4 aromatic rings. The molecule has 2 amide bonds. The minimum Gasteiger partial charge on any atom is -0.465 e. The molecule has 1 aliphatic rings. The van der Waals surface area contributed by atoms with Gasteiger partial charge in [-0.3, -0.25) is 9.59 Å². The molecular weight excluding hydrogens is 932 g/mol. The highest BCUT2D eigenvalue weighted by molar-refractivity contribution is 9.08. The van der Waals surface area contributed by atoms with Gasteiger partial charge in [0.05, 0.1) is 52.6 Å². The standard InChI is InChI=1S/C14H10O4.C9H9BrO2.C9H10O2.C4H4BrNO2.CCl4.CH4/c15-13(11-7-3-1-4-8-11)17-18-14(16)12-9-5-2-6-10-12;1-12-9(11)8-5-3-2-4-7(8)6-10;1-7-5-3-4-6-8(7)9(10)11-2;5-6-3(7)1-2-4(6)8;2-1(3,4)5;/h1-10H;2-5H,6H2,1H3;3-6H,1-2H3;1-2H2;;1H4. The van der Waals surface area contributed by atoms with Crippen molar-refractivity contribution in [2.45, 2.75) is 35.8 Å². The Bertz CT molecular complexity index is 1760. The molecule has 0 aromatic heterocycles. The Morgan fingerprint density at radius 3 is 1.31 bits per heavy atom. The number of methoxy groups -OCH3 is 2. The van der Waals surface area contributed by atoms with E-state index in [1.165, 1.54) is 14.2 Å². The smallest absolute Gasteiger partial charge is 0.386 e. The van der Waals surface area contributed by atoms with Crippen LogP contribution in [0.25, 0.3) is 0 Å². The van der Waals surface area contributed by atoms with Crippen LogP contribution >= 0.6 is 78.5 Å². The van der Waals surface area contributed by atoms with Gasteiger partial charge < -0.3 is 9.47 Å². The second-order valence-corrected chi connectivity index (χ2v) is 14.8. The van der Waals surface area contributed by atoms with Crippen LogP contribution in [0.3, 0.4) is 0 Å². The van der Waals surface area contributed by atoms with Crippen molar-refractivity contribution in [3.8, 4) is 0 Å². The first-order chi connectivity index (χ1) is 25.5. The number of amides is 2. The summed E-state index contributed by atoms with van der Waals surface area (Å²) in [6.45, 7) is 1.88. The van der Waals surface area contributed by atoms with Crippen molar-refractivity contribution in [3.63, 3.8) is 0 Å². The number of alkyl halides is 5. The zero-order valence-corrected chi connectivity index (χ0v) is 35.0. The fraction of sp³-hybridized carbons (Fsp3) is 0.211. The molecule has 4 aromatic carbocycles. The van der Waals surface area contributed by atoms with Crippen molar-refractivity contribution in [2.75, 3.05) is 14.2 Å². The molecule has 0 N–H and O–H groups in total.